The topological polar surface area (TPSA) is 62.2 Å². The minimum Gasteiger partial charge on any atom is -0.387 e. The van der Waals surface area contributed by atoms with Gasteiger partial charge in [0.05, 0.1) is 17.5 Å². The van der Waals surface area contributed by atoms with E-state index in [4.69, 9.17) is 0 Å². The summed E-state index contributed by atoms with van der Waals surface area (Å²) in [6.07, 6.45) is 0.899. The summed E-state index contributed by atoms with van der Waals surface area (Å²) in [7, 11) is 0. The van der Waals surface area contributed by atoms with Crippen molar-refractivity contribution in [3.63, 3.8) is 0 Å². The molecular formula is C9H12N2O2. The second-order valence-corrected chi connectivity index (χ2v) is 2.79. The number of anilines is 1. The number of pyridine rings is 1. The van der Waals surface area contributed by atoms with Gasteiger partial charge in [-0.05, 0) is 19.1 Å². The molecule has 4 nitrogen and oxygen atoms in total. The second kappa shape index (κ2) is 4.00. The Morgan fingerprint density at radius 3 is 2.92 bits per heavy atom. The van der Waals surface area contributed by atoms with Gasteiger partial charge >= 0.3 is 0 Å². The van der Waals surface area contributed by atoms with Crippen LogP contribution in [0.5, 0.6) is 0 Å². The fourth-order valence-corrected chi connectivity index (χ4v) is 1.05. The van der Waals surface area contributed by atoms with Crippen LogP contribution in [-0.4, -0.2) is 16.0 Å². The highest BCUT2D eigenvalue weighted by Gasteiger charge is 2.08. The summed E-state index contributed by atoms with van der Waals surface area (Å²) in [6, 6.07) is 3.41. The summed E-state index contributed by atoms with van der Waals surface area (Å²) in [5, 5.41) is 11.9. The van der Waals surface area contributed by atoms with Gasteiger partial charge in [0.1, 0.15) is 0 Å². The number of amides is 1. The van der Waals surface area contributed by atoms with E-state index < -0.39 is 6.10 Å². The number of hydrogen-bond donors (Lipinski definition) is 2. The van der Waals surface area contributed by atoms with Crippen molar-refractivity contribution in [2.45, 2.75) is 20.0 Å². The van der Waals surface area contributed by atoms with Crippen molar-refractivity contribution in [1.82, 2.24) is 4.98 Å². The molecule has 0 radical (unpaired) electrons. The maximum atomic E-state index is 10.8. The normalized spacial score (nSPS) is 12.2. The maximum Gasteiger partial charge on any atom is 0.221 e. The van der Waals surface area contributed by atoms with Crippen molar-refractivity contribution in [2.24, 2.45) is 0 Å². The zero-order valence-corrected chi connectivity index (χ0v) is 7.61. The van der Waals surface area contributed by atoms with Gasteiger partial charge in [-0.3, -0.25) is 9.78 Å². The third-order valence-electron chi connectivity index (χ3n) is 1.54. The predicted octanol–water partition coefficient (Wildman–Crippen LogP) is 1.09. The highest BCUT2D eigenvalue weighted by molar-refractivity contribution is 5.89. The first kappa shape index (κ1) is 9.67. The van der Waals surface area contributed by atoms with E-state index in [9.17, 15) is 9.90 Å². The number of aliphatic hydroxyl groups excluding tert-OH is 1. The van der Waals surface area contributed by atoms with E-state index in [0.29, 0.717) is 11.4 Å². The molecule has 0 bridgehead atoms. The largest absolute Gasteiger partial charge is 0.387 e. The Balaban J connectivity index is 2.97. The molecule has 0 saturated heterocycles. The number of carbonyl (C=O) groups is 1. The fraction of sp³-hybridized carbons (Fsp3) is 0.333. The number of hydrogen-bond acceptors (Lipinski definition) is 3. The zero-order valence-electron chi connectivity index (χ0n) is 7.61. The van der Waals surface area contributed by atoms with Crippen LogP contribution in [0.25, 0.3) is 0 Å². The van der Waals surface area contributed by atoms with Gasteiger partial charge in [0.25, 0.3) is 0 Å². The van der Waals surface area contributed by atoms with E-state index in [2.05, 4.69) is 10.3 Å². The van der Waals surface area contributed by atoms with Crippen molar-refractivity contribution >= 4 is 11.6 Å². The van der Waals surface area contributed by atoms with Gasteiger partial charge in [-0.1, -0.05) is 0 Å². The quantitative estimate of drug-likeness (QED) is 0.716. The van der Waals surface area contributed by atoms with Crippen LogP contribution >= 0.6 is 0 Å². The third-order valence-corrected chi connectivity index (χ3v) is 1.54. The van der Waals surface area contributed by atoms with E-state index >= 15 is 0 Å². The van der Waals surface area contributed by atoms with Crippen LogP contribution in [0.4, 0.5) is 5.69 Å². The first-order valence-corrected chi connectivity index (χ1v) is 4.02. The van der Waals surface area contributed by atoms with E-state index in [0.717, 1.165) is 0 Å². The molecule has 13 heavy (non-hydrogen) atoms. The molecule has 1 aromatic rings. The summed E-state index contributed by atoms with van der Waals surface area (Å²) in [4.78, 5) is 14.7. The summed E-state index contributed by atoms with van der Waals surface area (Å²) in [6.45, 7) is 3.02. The van der Waals surface area contributed by atoms with E-state index in [1.165, 1.54) is 6.92 Å². The molecule has 1 amide bonds. The van der Waals surface area contributed by atoms with Gasteiger partial charge < -0.3 is 10.4 Å². The third kappa shape index (κ3) is 2.52. The molecule has 70 valence electrons. The summed E-state index contributed by atoms with van der Waals surface area (Å²) in [5.41, 5.74) is 1.04. The standard InChI is InChI=1S/C9H12N2O2/c1-6(12)9-8(11-7(2)13)4-3-5-10-9/h3-6,12H,1-2H3,(H,11,13). The molecule has 0 aliphatic rings. The van der Waals surface area contributed by atoms with Crippen LogP contribution in [-0.2, 0) is 4.79 Å². The smallest absolute Gasteiger partial charge is 0.221 e. The van der Waals surface area contributed by atoms with Gasteiger partial charge in [0.2, 0.25) is 5.91 Å². The summed E-state index contributed by atoms with van der Waals surface area (Å²) < 4.78 is 0. The molecule has 0 saturated carbocycles. The Kier molecular flexibility index (Phi) is 2.97. The average molecular weight is 180 g/mol. The van der Waals surface area contributed by atoms with Crippen molar-refractivity contribution in [2.75, 3.05) is 5.32 Å². The average Bonchev–Trinajstić information content (AvgIpc) is 2.03. The van der Waals surface area contributed by atoms with Gasteiger partial charge in [-0.15, -0.1) is 0 Å². The minimum absolute atomic E-state index is 0.171. The van der Waals surface area contributed by atoms with Gasteiger partial charge in [0.15, 0.2) is 0 Å². The summed E-state index contributed by atoms with van der Waals surface area (Å²) in [5.74, 6) is -0.171. The molecule has 1 heterocycles. The number of aromatic nitrogens is 1. The predicted molar refractivity (Wildman–Crippen MR) is 49.2 cm³/mol. The minimum atomic E-state index is -0.678. The number of aliphatic hydroxyl groups is 1. The van der Waals surface area contributed by atoms with Gasteiger partial charge in [-0.2, -0.15) is 0 Å². The lowest BCUT2D eigenvalue weighted by Crippen LogP contribution is -2.10. The van der Waals surface area contributed by atoms with Crippen LogP contribution in [0.15, 0.2) is 18.3 Å². The highest BCUT2D eigenvalue weighted by atomic mass is 16.3. The first-order chi connectivity index (χ1) is 6.11. The van der Waals surface area contributed by atoms with Crippen LogP contribution in [0, 0.1) is 0 Å². The van der Waals surface area contributed by atoms with E-state index in [-0.39, 0.29) is 5.91 Å². The van der Waals surface area contributed by atoms with Gasteiger partial charge in [-0.25, -0.2) is 0 Å². The van der Waals surface area contributed by atoms with Gasteiger partial charge in [0, 0.05) is 13.1 Å². The van der Waals surface area contributed by atoms with Crippen LogP contribution < -0.4 is 5.32 Å². The lowest BCUT2D eigenvalue weighted by molar-refractivity contribution is -0.114. The molecule has 2 N–H and O–H groups in total. The molecule has 1 unspecified atom stereocenters. The molecule has 1 aromatic heterocycles. The first-order valence-electron chi connectivity index (χ1n) is 4.02. The fourth-order valence-electron chi connectivity index (χ4n) is 1.05. The Morgan fingerprint density at radius 1 is 1.69 bits per heavy atom. The van der Waals surface area contributed by atoms with Crippen molar-refractivity contribution in [3.05, 3.63) is 24.0 Å². The number of carbonyl (C=O) groups excluding carboxylic acids is 1. The highest BCUT2D eigenvalue weighted by Crippen LogP contribution is 2.18. The number of nitrogens with zero attached hydrogens (tertiary/aromatic N) is 1. The van der Waals surface area contributed by atoms with Crippen LogP contribution in [0.2, 0.25) is 0 Å². The molecule has 0 fully saturated rings. The Labute approximate surface area is 76.6 Å². The second-order valence-electron chi connectivity index (χ2n) is 2.79. The molecule has 4 heteroatoms. The Morgan fingerprint density at radius 2 is 2.38 bits per heavy atom. The number of nitrogens with one attached hydrogen (secondary N) is 1. The van der Waals surface area contributed by atoms with Crippen LogP contribution in [0.3, 0.4) is 0 Å². The maximum absolute atomic E-state index is 10.8. The molecular weight excluding hydrogens is 168 g/mol. The molecule has 0 aliphatic heterocycles. The molecule has 1 rings (SSSR count). The number of rotatable bonds is 2. The zero-order chi connectivity index (χ0) is 9.84. The lowest BCUT2D eigenvalue weighted by atomic mass is 10.2. The SMILES string of the molecule is CC(=O)Nc1cccnc1C(C)O. The Bertz CT molecular complexity index is 310. The molecule has 0 spiro atoms. The van der Waals surface area contributed by atoms with Crippen molar-refractivity contribution in [3.8, 4) is 0 Å². The molecule has 0 aromatic carbocycles. The van der Waals surface area contributed by atoms with Crippen LogP contribution in [0.1, 0.15) is 25.6 Å². The van der Waals surface area contributed by atoms with E-state index in [1.54, 1.807) is 25.3 Å². The molecule has 1 atom stereocenters. The summed E-state index contributed by atoms with van der Waals surface area (Å²) >= 11 is 0. The Hall–Kier alpha value is -1.42. The lowest BCUT2D eigenvalue weighted by Gasteiger charge is -2.09. The van der Waals surface area contributed by atoms with Crippen molar-refractivity contribution < 1.29 is 9.90 Å². The van der Waals surface area contributed by atoms with Crippen molar-refractivity contribution in [1.29, 1.82) is 0 Å². The monoisotopic (exact) mass is 180 g/mol. The van der Waals surface area contributed by atoms with E-state index in [1.807, 2.05) is 0 Å². The molecule has 0 aliphatic carbocycles.